The minimum atomic E-state index is -1.69. The molecule has 3 N–H and O–H groups in total. The lowest BCUT2D eigenvalue weighted by atomic mass is 9.51. The van der Waals surface area contributed by atoms with Crippen molar-refractivity contribution in [3.05, 3.63) is 22.8 Å². The first kappa shape index (κ1) is 24.3. The number of ketones is 1. The first-order valence-corrected chi connectivity index (χ1v) is 13.8. The second kappa shape index (κ2) is 7.73. The highest BCUT2D eigenvalue weighted by Crippen LogP contribution is 2.67. The molecule has 2 heterocycles. The smallest absolute Gasteiger partial charge is 0.164 e. The second-order valence-electron chi connectivity index (χ2n) is 13.2. The zero-order valence-electron chi connectivity index (χ0n) is 21.8. The van der Waals surface area contributed by atoms with E-state index in [1.54, 1.807) is 5.57 Å². The maximum absolute atomic E-state index is 12.5. The van der Waals surface area contributed by atoms with Crippen LogP contribution in [0.25, 0.3) is 0 Å². The molecule has 0 bridgehead atoms. The molecule has 0 aromatic heterocycles. The summed E-state index contributed by atoms with van der Waals surface area (Å²) in [6.07, 6.45) is 6.68. The molecule has 1 saturated carbocycles. The largest absolute Gasteiger partial charge is 0.393 e. The van der Waals surface area contributed by atoms with Gasteiger partial charge in [-0.25, -0.2) is 0 Å². The van der Waals surface area contributed by atoms with Crippen molar-refractivity contribution in [2.45, 2.75) is 116 Å². The summed E-state index contributed by atoms with van der Waals surface area (Å²) in [7, 11) is 0. The number of Topliss-reactive ketones (excluding diaryl/α,β-unsaturated/α-hetero) is 1. The predicted molar refractivity (Wildman–Crippen MR) is 130 cm³/mol. The van der Waals surface area contributed by atoms with Crippen LogP contribution in [0.2, 0.25) is 0 Å². The Kier molecular flexibility index (Phi) is 5.37. The van der Waals surface area contributed by atoms with Crippen LogP contribution in [0.3, 0.4) is 0 Å². The van der Waals surface area contributed by atoms with E-state index in [2.05, 4.69) is 19.9 Å². The Morgan fingerprint density at radius 3 is 2.54 bits per heavy atom. The van der Waals surface area contributed by atoms with E-state index in [0.29, 0.717) is 5.92 Å². The molecule has 6 nitrogen and oxygen atoms in total. The highest BCUT2D eigenvalue weighted by atomic mass is 16.7. The van der Waals surface area contributed by atoms with Gasteiger partial charge in [-0.15, -0.1) is 0 Å². The number of allylic oxidation sites excluding steroid dienone is 3. The van der Waals surface area contributed by atoms with Gasteiger partial charge in [0.05, 0.1) is 18.3 Å². The standard InChI is InChI=1S/C29H42O6/c1-14(2)29(33,15(3)30)25-24-22(26(32)35-25)23-21(34-24)13-20-18-7-6-16-12-17(31)8-10-27(16,4)19(18)9-11-28(20,23)5/h13-14,16-17,21-26,31-33H,6-12H2,1-5H3/t16-,17-,21-,22-,23+,24+,25-,26-,27-,28-,29+/m0/s1. The van der Waals surface area contributed by atoms with E-state index in [4.69, 9.17) is 9.47 Å². The maximum Gasteiger partial charge on any atom is 0.164 e. The Bertz CT molecular complexity index is 999. The summed E-state index contributed by atoms with van der Waals surface area (Å²) in [5, 5.41) is 32.8. The third-order valence-electron chi connectivity index (χ3n) is 11.4. The number of carbonyl (C=O) groups is 1. The molecule has 2 saturated heterocycles. The van der Waals surface area contributed by atoms with Crippen molar-refractivity contribution >= 4 is 5.78 Å². The number of rotatable bonds is 3. The van der Waals surface area contributed by atoms with Gasteiger partial charge in [-0.2, -0.15) is 0 Å². The van der Waals surface area contributed by atoms with E-state index >= 15 is 0 Å². The van der Waals surface area contributed by atoms with Gasteiger partial charge in [0.1, 0.15) is 6.10 Å². The van der Waals surface area contributed by atoms with Crippen molar-refractivity contribution in [1.82, 2.24) is 0 Å². The van der Waals surface area contributed by atoms with Crippen molar-refractivity contribution in [3.63, 3.8) is 0 Å². The fourth-order valence-corrected chi connectivity index (χ4v) is 9.36. The molecule has 6 heteroatoms. The summed E-state index contributed by atoms with van der Waals surface area (Å²) >= 11 is 0. The summed E-state index contributed by atoms with van der Waals surface area (Å²) < 4.78 is 12.5. The topological polar surface area (TPSA) is 96.2 Å². The van der Waals surface area contributed by atoms with E-state index in [0.717, 1.165) is 44.9 Å². The van der Waals surface area contributed by atoms with Crippen LogP contribution in [0, 0.1) is 34.5 Å². The van der Waals surface area contributed by atoms with Crippen LogP contribution in [0.1, 0.15) is 79.6 Å². The average molecular weight is 487 g/mol. The van der Waals surface area contributed by atoms with E-state index < -0.39 is 24.1 Å². The SMILES string of the molecule is CC(=O)[C@](O)(C(C)C)[C@H]1O[C@H](O)[C@@H]2[C@H]1O[C@H]1C=C3C4=C(CC[C@]3(C)[C@@H]21)[C@@]1(C)CC[C@H](O)C[C@@H]1CC4. The average Bonchev–Trinajstić information content (AvgIpc) is 3.41. The Labute approximate surface area is 208 Å². The number of carbonyl (C=O) groups excluding carboxylic acids is 1. The first-order chi connectivity index (χ1) is 16.4. The van der Waals surface area contributed by atoms with Gasteiger partial charge in [-0.05, 0) is 85.7 Å². The highest BCUT2D eigenvalue weighted by molar-refractivity contribution is 5.86. The number of fused-ring (bicyclic) bond motifs is 8. The third kappa shape index (κ3) is 3.04. The van der Waals surface area contributed by atoms with E-state index in [9.17, 15) is 20.1 Å². The molecule has 3 fully saturated rings. The summed E-state index contributed by atoms with van der Waals surface area (Å²) in [5.41, 5.74) is 2.88. The number of aliphatic hydroxyl groups is 3. The molecule has 0 spiro atoms. The monoisotopic (exact) mass is 486 g/mol. The van der Waals surface area contributed by atoms with Crippen LogP contribution in [0.5, 0.6) is 0 Å². The maximum atomic E-state index is 12.5. The summed E-state index contributed by atoms with van der Waals surface area (Å²) in [6, 6.07) is 0. The summed E-state index contributed by atoms with van der Waals surface area (Å²) in [4.78, 5) is 12.5. The van der Waals surface area contributed by atoms with Gasteiger partial charge in [0.2, 0.25) is 0 Å². The van der Waals surface area contributed by atoms with Gasteiger partial charge in [0, 0.05) is 11.8 Å². The minimum Gasteiger partial charge on any atom is -0.393 e. The van der Waals surface area contributed by atoms with Crippen LogP contribution < -0.4 is 0 Å². The van der Waals surface area contributed by atoms with Gasteiger partial charge in [0.25, 0.3) is 0 Å². The number of ether oxygens (including phenoxy) is 2. The van der Waals surface area contributed by atoms with Crippen LogP contribution in [0.4, 0.5) is 0 Å². The lowest BCUT2D eigenvalue weighted by Crippen LogP contribution is -2.57. The van der Waals surface area contributed by atoms with Gasteiger partial charge in [-0.3, -0.25) is 4.79 Å². The second-order valence-corrected chi connectivity index (χ2v) is 13.2. The third-order valence-corrected chi connectivity index (χ3v) is 11.4. The Morgan fingerprint density at radius 1 is 1.11 bits per heavy atom. The lowest BCUT2D eigenvalue weighted by Gasteiger charge is -2.53. The molecule has 35 heavy (non-hydrogen) atoms. The highest BCUT2D eigenvalue weighted by Gasteiger charge is 2.68. The van der Waals surface area contributed by atoms with Gasteiger partial charge >= 0.3 is 0 Å². The van der Waals surface area contributed by atoms with E-state index in [1.807, 2.05) is 13.8 Å². The van der Waals surface area contributed by atoms with Crippen molar-refractivity contribution in [1.29, 1.82) is 0 Å². The van der Waals surface area contributed by atoms with E-state index in [-0.39, 0.29) is 46.6 Å². The fraction of sp³-hybridized carbons (Fsp3) is 0.828. The Morgan fingerprint density at radius 2 is 1.86 bits per heavy atom. The van der Waals surface area contributed by atoms with Crippen LogP contribution in [-0.4, -0.2) is 57.4 Å². The molecule has 2 aliphatic heterocycles. The number of aliphatic hydroxyl groups excluding tert-OH is 2. The summed E-state index contributed by atoms with van der Waals surface area (Å²) in [6.45, 7) is 9.79. The minimum absolute atomic E-state index is 0.0682. The number of hydrogen-bond donors (Lipinski definition) is 3. The molecule has 6 rings (SSSR count). The van der Waals surface area contributed by atoms with Gasteiger partial charge in [-0.1, -0.05) is 39.3 Å². The zero-order chi connectivity index (χ0) is 25.1. The zero-order valence-corrected chi connectivity index (χ0v) is 21.8. The molecule has 0 radical (unpaired) electrons. The van der Waals surface area contributed by atoms with Crippen molar-refractivity contribution < 1.29 is 29.6 Å². The van der Waals surface area contributed by atoms with Crippen molar-refractivity contribution in [2.75, 3.05) is 0 Å². The van der Waals surface area contributed by atoms with Gasteiger partial charge < -0.3 is 24.8 Å². The van der Waals surface area contributed by atoms with Crippen molar-refractivity contribution in [3.8, 4) is 0 Å². The van der Waals surface area contributed by atoms with Crippen LogP contribution >= 0.6 is 0 Å². The molecule has 0 aromatic rings. The molecule has 194 valence electrons. The molecule has 6 aliphatic rings. The normalized spacial score (nSPS) is 50.1. The fourth-order valence-electron chi connectivity index (χ4n) is 9.36. The lowest BCUT2D eigenvalue weighted by molar-refractivity contribution is -0.201. The molecule has 11 atom stereocenters. The molecule has 0 aromatic carbocycles. The summed E-state index contributed by atoms with van der Waals surface area (Å²) in [5.74, 6) is -0.342. The van der Waals surface area contributed by atoms with Crippen LogP contribution in [-0.2, 0) is 14.3 Å². The Balaban J connectivity index is 1.36. The Hall–Kier alpha value is -1.05. The molecule has 0 unspecified atom stereocenters. The first-order valence-electron chi connectivity index (χ1n) is 13.8. The van der Waals surface area contributed by atoms with E-state index in [1.165, 1.54) is 18.1 Å². The van der Waals surface area contributed by atoms with Crippen LogP contribution in [0.15, 0.2) is 22.8 Å². The van der Waals surface area contributed by atoms with Crippen molar-refractivity contribution in [2.24, 2.45) is 34.5 Å². The quantitative estimate of drug-likeness (QED) is 0.563. The molecular weight excluding hydrogens is 444 g/mol. The van der Waals surface area contributed by atoms with Gasteiger partial charge in [0.15, 0.2) is 17.7 Å². The molecule has 4 aliphatic carbocycles. The molecule has 0 amide bonds. The molecular formula is C29H42O6. The predicted octanol–water partition coefficient (Wildman–Crippen LogP) is 3.68. The number of hydrogen-bond acceptors (Lipinski definition) is 6.